The Labute approximate surface area is 68.0 Å². The number of hydrogen-bond donors (Lipinski definition) is 0. The van der Waals surface area contributed by atoms with Gasteiger partial charge in [-0.2, -0.15) is 0 Å². The van der Waals surface area contributed by atoms with Gasteiger partial charge in [-0.1, -0.05) is 13.8 Å². The zero-order valence-electron chi connectivity index (χ0n) is 7.30. The lowest BCUT2D eigenvalue weighted by atomic mass is 9.95. The van der Waals surface area contributed by atoms with Crippen molar-refractivity contribution in [2.45, 2.75) is 39.5 Å². The van der Waals surface area contributed by atoms with Crippen LogP contribution >= 0.6 is 0 Å². The summed E-state index contributed by atoms with van der Waals surface area (Å²) >= 11 is 0. The molecule has 0 radical (unpaired) electrons. The average Bonchev–Trinajstić information content (AvgIpc) is 2.00. The second-order valence-corrected chi connectivity index (χ2v) is 2.72. The van der Waals surface area contributed by atoms with E-state index in [9.17, 15) is 9.59 Å². The molecule has 0 fully saturated rings. The zero-order valence-corrected chi connectivity index (χ0v) is 7.30. The minimum Gasteiger partial charge on any atom is -0.303 e. The number of aldehydes is 1. The molecule has 0 rings (SSSR count). The average molecular weight is 156 g/mol. The molecule has 0 aliphatic heterocycles. The van der Waals surface area contributed by atoms with Crippen LogP contribution in [0.15, 0.2) is 0 Å². The third kappa shape index (κ3) is 3.91. The van der Waals surface area contributed by atoms with E-state index in [0.717, 1.165) is 19.1 Å². The maximum Gasteiger partial charge on any atom is 0.136 e. The lowest BCUT2D eigenvalue weighted by Gasteiger charge is -2.08. The smallest absolute Gasteiger partial charge is 0.136 e. The second-order valence-electron chi connectivity index (χ2n) is 2.72. The summed E-state index contributed by atoms with van der Waals surface area (Å²) in [5, 5.41) is 0. The van der Waals surface area contributed by atoms with Crippen LogP contribution in [0.2, 0.25) is 0 Å². The molecule has 0 aliphatic rings. The highest BCUT2D eigenvalue weighted by Gasteiger charge is 2.13. The number of carbonyl (C=O) groups excluding carboxylic acids is 2. The first kappa shape index (κ1) is 10.3. The Morgan fingerprint density at radius 3 is 2.45 bits per heavy atom. The van der Waals surface area contributed by atoms with E-state index in [1.54, 1.807) is 0 Å². The fourth-order valence-electron chi connectivity index (χ4n) is 1.09. The van der Waals surface area contributed by atoms with Crippen LogP contribution in [0.5, 0.6) is 0 Å². The van der Waals surface area contributed by atoms with E-state index < -0.39 is 0 Å². The summed E-state index contributed by atoms with van der Waals surface area (Å²) in [5.74, 6) is 0.217. The van der Waals surface area contributed by atoms with Gasteiger partial charge in [0.05, 0.1) is 0 Å². The van der Waals surface area contributed by atoms with Crippen LogP contribution in [0, 0.1) is 5.92 Å². The normalized spacial score (nSPS) is 12.5. The van der Waals surface area contributed by atoms with E-state index in [1.807, 2.05) is 13.8 Å². The summed E-state index contributed by atoms with van der Waals surface area (Å²) in [7, 11) is 0. The molecule has 0 saturated carbocycles. The van der Waals surface area contributed by atoms with Gasteiger partial charge in [-0.05, 0) is 12.8 Å². The van der Waals surface area contributed by atoms with Crippen molar-refractivity contribution in [2.24, 2.45) is 5.92 Å². The lowest BCUT2D eigenvalue weighted by Crippen LogP contribution is -2.13. The number of rotatable bonds is 6. The quantitative estimate of drug-likeness (QED) is 0.551. The number of carbonyl (C=O) groups is 2. The van der Waals surface area contributed by atoms with Gasteiger partial charge in [-0.15, -0.1) is 0 Å². The molecular formula is C9H16O2. The molecule has 64 valence electrons. The van der Waals surface area contributed by atoms with Gasteiger partial charge in [0.2, 0.25) is 0 Å². The molecule has 0 aliphatic carbocycles. The van der Waals surface area contributed by atoms with Crippen molar-refractivity contribution < 1.29 is 9.59 Å². The summed E-state index contributed by atoms with van der Waals surface area (Å²) in [6, 6.07) is 0. The largest absolute Gasteiger partial charge is 0.303 e. The predicted molar refractivity (Wildman–Crippen MR) is 44.4 cm³/mol. The molecular weight excluding hydrogens is 140 g/mol. The first-order chi connectivity index (χ1) is 5.26. The second kappa shape index (κ2) is 6.08. The number of hydrogen-bond acceptors (Lipinski definition) is 2. The molecule has 2 heteroatoms. The molecule has 0 aromatic rings. The maximum absolute atomic E-state index is 11.2. The molecule has 0 aromatic carbocycles. The van der Waals surface area contributed by atoms with E-state index in [0.29, 0.717) is 12.8 Å². The lowest BCUT2D eigenvalue weighted by molar-refractivity contribution is -0.125. The SMILES string of the molecule is CCCC(=O)C(CC)CC=O. The monoisotopic (exact) mass is 156 g/mol. The van der Waals surface area contributed by atoms with Gasteiger partial charge >= 0.3 is 0 Å². The van der Waals surface area contributed by atoms with Crippen molar-refractivity contribution in [3.8, 4) is 0 Å². The molecule has 0 spiro atoms. The Morgan fingerprint density at radius 2 is 2.09 bits per heavy atom. The van der Waals surface area contributed by atoms with Crippen LogP contribution in [0.25, 0.3) is 0 Å². The van der Waals surface area contributed by atoms with Gasteiger partial charge < -0.3 is 4.79 Å². The van der Waals surface area contributed by atoms with Gasteiger partial charge in [-0.25, -0.2) is 0 Å². The Hall–Kier alpha value is -0.660. The van der Waals surface area contributed by atoms with Crippen molar-refractivity contribution in [3.05, 3.63) is 0 Å². The highest BCUT2D eigenvalue weighted by atomic mass is 16.1. The van der Waals surface area contributed by atoms with Gasteiger partial charge in [0, 0.05) is 18.8 Å². The number of ketones is 1. The molecule has 0 heterocycles. The van der Waals surface area contributed by atoms with Crippen molar-refractivity contribution in [3.63, 3.8) is 0 Å². The molecule has 1 atom stereocenters. The summed E-state index contributed by atoms with van der Waals surface area (Å²) in [4.78, 5) is 21.3. The van der Waals surface area contributed by atoms with Gasteiger partial charge in [0.25, 0.3) is 0 Å². The molecule has 0 N–H and O–H groups in total. The fourth-order valence-corrected chi connectivity index (χ4v) is 1.09. The Balaban J connectivity index is 3.80. The molecule has 2 nitrogen and oxygen atoms in total. The topological polar surface area (TPSA) is 34.1 Å². The van der Waals surface area contributed by atoms with Crippen molar-refractivity contribution in [1.29, 1.82) is 0 Å². The first-order valence-corrected chi connectivity index (χ1v) is 4.22. The third-order valence-electron chi connectivity index (χ3n) is 1.83. The van der Waals surface area contributed by atoms with E-state index >= 15 is 0 Å². The van der Waals surface area contributed by atoms with Crippen LogP contribution < -0.4 is 0 Å². The van der Waals surface area contributed by atoms with Gasteiger partial charge in [0.15, 0.2) is 0 Å². The van der Waals surface area contributed by atoms with Crippen molar-refractivity contribution >= 4 is 12.1 Å². The first-order valence-electron chi connectivity index (χ1n) is 4.22. The minimum absolute atomic E-state index is 0.0209. The van der Waals surface area contributed by atoms with Crippen molar-refractivity contribution in [2.75, 3.05) is 0 Å². The van der Waals surface area contributed by atoms with Crippen LogP contribution in [0.4, 0.5) is 0 Å². The summed E-state index contributed by atoms with van der Waals surface area (Å²) in [6.07, 6.45) is 3.52. The van der Waals surface area contributed by atoms with Crippen LogP contribution in [0.1, 0.15) is 39.5 Å². The highest BCUT2D eigenvalue weighted by molar-refractivity contribution is 5.82. The van der Waals surface area contributed by atoms with Crippen LogP contribution in [-0.2, 0) is 9.59 Å². The van der Waals surface area contributed by atoms with E-state index in [1.165, 1.54) is 0 Å². The van der Waals surface area contributed by atoms with E-state index in [-0.39, 0.29) is 11.7 Å². The third-order valence-corrected chi connectivity index (χ3v) is 1.83. The zero-order chi connectivity index (χ0) is 8.69. The summed E-state index contributed by atoms with van der Waals surface area (Å²) < 4.78 is 0. The number of Topliss-reactive ketones (excluding diaryl/α,β-unsaturated/α-hetero) is 1. The Morgan fingerprint density at radius 1 is 1.45 bits per heavy atom. The van der Waals surface area contributed by atoms with Gasteiger partial charge in [0.1, 0.15) is 12.1 Å². The van der Waals surface area contributed by atoms with Crippen LogP contribution in [-0.4, -0.2) is 12.1 Å². The molecule has 0 aromatic heterocycles. The summed E-state index contributed by atoms with van der Waals surface area (Å²) in [5.41, 5.74) is 0. The molecule has 0 bridgehead atoms. The Bertz CT molecular complexity index is 130. The molecule has 0 saturated heterocycles. The van der Waals surface area contributed by atoms with Crippen molar-refractivity contribution in [1.82, 2.24) is 0 Å². The maximum atomic E-state index is 11.2. The minimum atomic E-state index is -0.0209. The molecule has 1 unspecified atom stereocenters. The standard InChI is InChI=1S/C9H16O2/c1-3-5-9(11)8(4-2)6-7-10/h7-8H,3-6H2,1-2H3. The highest BCUT2D eigenvalue weighted by Crippen LogP contribution is 2.10. The summed E-state index contributed by atoms with van der Waals surface area (Å²) in [6.45, 7) is 3.92. The molecule has 11 heavy (non-hydrogen) atoms. The van der Waals surface area contributed by atoms with Gasteiger partial charge in [-0.3, -0.25) is 4.79 Å². The Kier molecular flexibility index (Phi) is 5.71. The van der Waals surface area contributed by atoms with E-state index in [4.69, 9.17) is 0 Å². The fraction of sp³-hybridized carbons (Fsp3) is 0.778. The predicted octanol–water partition coefficient (Wildman–Crippen LogP) is 1.97. The molecule has 0 amide bonds. The van der Waals surface area contributed by atoms with Crippen LogP contribution in [0.3, 0.4) is 0 Å². The van der Waals surface area contributed by atoms with E-state index in [2.05, 4.69) is 0 Å².